The summed E-state index contributed by atoms with van der Waals surface area (Å²) in [5.41, 5.74) is 1.10. The highest BCUT2D eigenvalue weighted by Crippen LogP contribution is 2.17. The highest BCUT2D eigenvalue weighted by atomic mass is 35.5. The molecule has 1 atom stereocenters. The van der Waals surface area contributed by atoms with Crippen LogP contribution in [-0.4, -0.2) is 9.78 Å². The third-order valence-corrected chi connectivity index (χ3v) is 1.82. The lowest BCUT2D eigenvalue weighted by molar-refractivity contribution is 0.602. The van der Waals surface area contributed by atoms with E-state index in [4.69, 9.17) is 11.6 Å². The first kappa shape index (κ1) is 8.60. The quantitative estimate of drug-likeness (QED) is 0.641. The summed E-state index contributed by atoms with van der Waals surface area (Å²) in [5.74, 6) is 0. The minimum Gasteiger partial charge on any atom is -0.272 e. The van der Waals surface area contributed by atoms with Gasteiger partial charge in [-0.2, -0.15) is 5.10 Å². The molecule has 0 bridgehead atoms. The standard InChI is InChI=1S/C8H13ClN2/c1-3-4-11-6-8(5-10-11)7(2)9/h5-7H,3-4H2,1-2H3. The van der Waals surface area contributed by atoms with Gasteiger partial charge in [0.2, 0.25) is 0 Å². The fourth-order valence-electron chi connectivity index (χ4n) is 0.936. The molecular formula is C8H13ClN2. The van der Waals surface area contributed by atoms with Crippen LogP contribution in [0.5, 0.6) is 0 Å². The van der Waals surface area contributed by atoms with Gasteiger partial charge in [-0.05, 0) is 13.3 Å². The van der Waals surface area contributed by atoms with E-state index in [0.717, 1.165) is 18.5 Å². The Labute approximate surface area is 72.2 Å². The largest absolute Gasteiger partial charge is 0.272 e. The van der Waals surface area contributed by atoms with Crippen molar-refractivity contribution in [2.75, 3.05) is 0 Å². The van der Waals surface area contributed by atoms with Crippen molar-refractivity contribution in [3.8, 4) is 0 Å². The maximum absolute atomic E-state index is 5.86. The summed E-state index contributed by atoms with van der Waals surface area (Å²) in [6.07, 6.45) is 4.94. The van der Waals surface area contributed by atoms with Crippen LogP contribution in [0.2, 0.25) is 0 Å². The van der Waals surface area contributed by atoms with E-state index in [2.05, 4.69) is 12.0 Å². The molecule has 1 aromatic rings. The number of nitrogens with zero attached hydrogens (tertiary/aromatic N) is 2. The Bertz CT molecular complexity index is 218. The van der Waals surface area contributed by atoms with Crippen LogP contribution in [-0.2, 0) is 6.54 Å². The van der Waals surface area contributed by atoms with Crippen LogP contribution in [0.15, 0.2) is 12.4 Å². The lowest BCUT2D eigenvalue weighted by Crippen LogP contribution is -1.95. The average Bonchev–Trinajstić information content (AvgIpc) is 2.37. The number of hydrogen-bond acceptors (Lipinski definition) is 1. The van der Waals surface area contributed by atoms with Crippen LogP contribution in [0.25, 0.3) is 0 Å². The van der Waals surface area contributed by atoms with Gasteiger partial charge >= 0.3 is 0 Å². The van der Waals surface area contributed by atoms with E-state index in [1.165, 1.54) is 0 Å². The van der Waals surface area contributed by atoms with E-state index < -0.39 is 0 Å². The van der Waals surface area contributed by atoms with Crippen molar-refractivity contribution in [2.45, 2.75) is 32.2 Å². The molecule has 11 heavy (non-hydrogen) atoms. The van der Waals surface area contributed by atoms with Crippen molar-refractivity contribution in [2.24, 2.45) is 0 Å². The number of alkyl halides is 1. The highest BCUT2D eigenvalue weighted by molar-refractivity contribution is 6.20. The molecule has 2 nitrogen and oxygen atoms in total. The Morgan fingerprint density at radius 1 is 1.73 bits per heavy atom. The summed E-state index contributed by atoms with van der Waals surface area (Å²) in [5, 5.41) is 4.23. The van der Waals surface area contributed by atoms with Gasteiger partial charge < -0.3 is 0 Å². The Hall–Kier alpha value is -0.500. The van der Waals surface area contributed by atoms with Gasteiger partial charge in [-0.1, -0.05) is 6.92 Å². The van der Waals surface area contributed by atoms with Gasteiger partial charge in [0.15, 0.2) is 0 Å². The third kappa shape index (κ3) is 2.22. The zero-order chi connectivity index (χ0) is 8.27. The average molecular weight is 173 g/mol. The topological polar surface area (TPSA) is 17.8 Å². The zero-order valence-electron chi connectivity index (χ0n) is 6.92. The maximum Gasteiger partial charge on any atom is 0.0588 e. The summed E-state index contributed by atoms with van der Waals surface area (Å²) in [6.45, 7) is 5.06. The molecule has 0 spiro atoms. The van der Waals surface area contributed by atoms with Crippen LogP contribution in [0.3, 0.4) is 0 Å². The first-order valence-corrected chi connectivity index (χ1v) is 4.34. The predicted octanol–water partition coefficient (Wildman–Crippen LogP) is 2.59. The van der Waals surface area contributed by atoms with E-state index >= 15 is 0 Å². The second-order valence-electron chi connectivity index (χ2n) is 2.65. The summed E-state index contributed by atoms with van der Waals surface area (Å²) >= 11 is 5.86. The molecule has 0 fully saturated rings. The molecule has 1 aromatic heterocycles. The van der Waals surface area contributed by atoms with Crippen molar-refractivity contribution in [1.82, 2.24) is 9.78 Å². The molecule has 0 N–H and O–H groups in total. The maximum atomic E-state index is 5.86. The van der Waals surface area contributed by atoms with Gasteiger partial charge in [-0.15, -0.1) is 11.6 Å². The van der Waals surface area contributed by atoms with Gasteiger partial charge in [0.25, 0.3) is 0 Å². The van der Waals surface area contributed by atoms with Gasteiger partial charge in [0.1, 0.15) is 0 Å². The molecule has 0 saturated carbocycles. The molecule has 62 valence electrons. The van der Waals surface area contributed by atoms with Crippen molar-refractivity contribution in [3.05, 3.63) is 18.0 Å². The molecule has 0 aliphatic carbocycles. The number of halogens is 1. The third-order valence-electron chi connectivity index (χ3n) is 1.57. The second-order valence-corrected chi connectivity index (χ2v) is 3.31. The fourth-order valence-corrected chi connectivity index (χ4v) is 1.05. The van der Waals surface area contributed by atoms with Crippen molar-refractivity contribution < 1.29 is 0 Å². The molecule has 0 amide bonds. The van der Waals surface area contributed by atoms with E-state index in [-0.39, 0.29) is 5.38 Å². The Morgan fingerprint density at radius 2 is 2.45 bits per heavy atom. The second kappa shape index (κ2) is 3.77. The normalized spacial score (nSPS) is 13.4. The fraction of sp³-hybridized carbons (Fsp3) is 0.625. The Balaban J connectivity index is 2.66. The van der Waals surface area contributed by atoms with Gasteiger partial charge in [0, 0.05) is 18.3 Å². The van der Waals surface area contributed by atoms with Crippen molar-refractivity contribution >= 4 is 11.6 Å². The van der Waals surface area contributed by atoms with Gasteiger partial charge in [-0.25, -0.2) is 0 Å². The minimum absolute atomic E-state index is 0.0700. The molecule has 0 aliphatic heterocycles. The summed E-state index contributed by atoms with van der Waals surface area (Å²) in [7, 11) is 0. The van der Waals surface area contributed by atoms with Crippen LogP contribution < -0.4 is 0 Å². The first-order valence-electron chi connectivity index (χ1n) is 3.90. The van der Waals surface area contributed by atoms with Crippen LogP contribution in [0.4, 0.5) is 0 Å². The van der Waals surface area contributed by atoms with Gasteiger partial charge in [-0.3, -0.25) is 4.68 Å². The molecular weight excluding hydrogens is 160 g/mol. The lowest BCUT2D eigenvalue weighted by atomic mass is 10.3. The van der Waals surface area contributed by atoms with Crippen LogP contribution in [0, 0.1) is 0 Å². The molecule has 1 unspecified atom stereocenters. The van der Waals surface area contributed by atoms with Crippen LogP contribution >= 0.6 is 11.6 Å². The monoisotopic (exact) mass is 172 g/mol. The van der Waals surface area contributed by atoms with Crippen LogP contribution in [0.1, 0.15) is 31.2 Å². The molecule has 0 aromatic carbocycles. The number of hydrogen-bond donors (Lipinski definition) is 0. The first-order chi connectivity index (χ1) is 5.24. The number of aryl methyl sites for hydroxylation is 1. The minimum atomic E-state index is 0.0700. The van der Waals surface area contributed by atoms with E-state index in [0.29, 0.717) is 0 Å². The SMILES string of the molecule is CCCn1cc(C(C)Cl)cn1. The smallest absolute Gasteiger partial charge is 0.0588 e. The van der Waals surface area contributed by atoms with Crippen molar-refractivity contribution in [1.29, 1.82) is 0 Å². The molecule has 0 saturated heterocycles. The number of rotatable bonds is 3. The number of aromatic nitrogens is 2. The predicted molar refractivity (Wildman–Crippen MR) is 46.8 cm³/mol. The summed E-state index contributed by atoms with van der Waals surface area (Å²) in [4.78, 5) is 0. The molecule has 3 heteroatoms. The zero-order valence-corrected chi connectivity index (χ0v) is 7.67. The van der Waals surface area contributed by atoms with Gasteiger partial charge in [0.05, 0.1) is 11.6 Å². The summed E-state index contributed by atoms with van der Waals surface area (Å²) in [6, 6.07) is 0. The van der Waals surface area contributed by atoms with E-state index in [1.807, 2.05) is 24.0 Å². The van der Waals surface area contributed by atoms with Crippen molar-refractivity contribution in [3.63, 3.8) is 0 Å². The molecule has 0 aliphatic rings. The summed E-state index contributed by atoms with van der Waals surface area (Å²) < 4.78 is 1.92. The van der Waals surface area contributed by atoms with E-state index in [9.17, 15) is 0 Å². The molecule has 1 heterocycles. The Kier molecular flexibility index (Phi) is 2.94. The molecule has 1 rings (SSSR count). The molecule has 0 radical (unpaired) electrons. The Morgan fingerprint density at radius 3 is 2.91 bits per heavy atom. The van der Waals surface area contributed by atoms with E-state index in [1.54, 1.807) is 0 Å². The lowest BCUT2D eigenvalue weighted by Gasteiger charge is -1.96. The highest BCUT2D eigenvalue weighted by Gasteiger charge is 2.02.